The van der Waals surface area contributed by atoms with E-state index in [1.54, 1.807) is 0 Å². The molecule has 142 valence electrons. The predicted octanol–water partition coefficient (Wildman–Crippen LogP) is 3.39. The number of benzene rings is 1. The molecular formula is C20H32N6. The molecule has 1 saturated heterocycles. The van der Waals surface area contributed by atoms with E-state index in [1.807, 2.05) is 4.68 Å². The number of nitrogens with zero attached hydrogens (tertiary/aromatic N) is 6. The van der Waals surface area contributed by atoms with E-state index in [0.717, 1.165) is 32.0 Å². The maximum Gasteiger partial charge on any atom is 0.168 e. The third-order valence-electron chi connectivity index (χ3n) is 5.32. The first kappa shape index (κ1) is 18.8. The Morgan fingerprint density at radius 3 is 2.27 bits per heavy atom. The average molecular weight is 357 g/mol. The minimum absolute atomic E-state index is 0.258. The van der Waals surface area contributed by atoms with Gasteiger partial charge in [0, 0.05) is 31.9 Å². The maximum atomic E-state index is 4.38. The molecule has 0 radical (unpaired) electrons. The standard InChI is InChI=1S/C20H32N6/c1-14(2)19(20-21-22-23-26(20)15(3)4)25-11-9-24(10-12-25)18-13-16(5)7-8-17(18)6/h7-8,13-15,19H,9-12H2,1-6H3. The highest BCUT2D eigenvalue weighted by atomic mass is 15.6. The molecule has 26 heavy (non-hydrogen) atoms. The maximum absolute atomic E-state index is 4.38. The van der Waals surface area contributed by atoms with Crippen molar-refractivity contribution in [2.75, 3.05) is 31.1 Å². The number of rotatable bonds is 5. The molecule has 1 atom stereocenters. The van der Waals surface area contributed by atoms with Gasteiger partial charge in [0.15, 0.2) is 5.82 Å². The molecule has 2 aromatic rings. The molecular weight excluding hydrogens is 324 g/mol. The Morgan fingerprint density at radius 1 is 0.962 bits per heavy atom. The van der Waals surface area contributed by atoms with Gasteiger partial charge in [0.05, 0.1) is 12.1 Å². The van der Waals surface area contributed by atoms with Gasteiger partial charge in [-0.05, 0) is 61.2 Å². The molecule has 0 spiro atoms. The molecule has 2 heterocycles. The van der Waals surface area contributed by atoms with Gasteiger partial charge >= 0.3 is 0 Å². The van der Waals surface area contributed by atoms with E-state index in [0.29, 0.717) is 5.92 Å². The highest BCUT2D eigenvalue weighted by Crippen LogP contribution is 2.30. The number of aromatic nitrogens is 4. The molecule has 3 rings (SSSR count). The Morgan fingerprint density at radius 2 is 1.65 bits per heavy atom. The van der Waals surface area contributed by atoms with Crippen molar-refractivity contribution < 1.29 is 0 Å². The van der Waals surface area contributed by atoms with Crippen LogP contribution in [0.15, 0.2) is 18.2 Å². The van der Waals surface area contributed by atoms with E-state index in [-0.39, 0.29) is 12.1 Å². The third-order valence-corrected chi connectivity index (χ3v) is 5.32. The van der Waals surface area contributed by atoms with Crippen LogP contribution in [0.5, 0.6) is 0 Å². The van der Waals surface area contributed by atoms with Crippen LogP contribution in [0.1, 0.15) is 56.7 Å². The van der Waals surface area contributed by atoms with Gasteiger partial charge in [0.2, 0.25) is 0 Å². The molecule has 0 saturated carbocycles. The lowest BCUT2D eigenvalue weighted by Gasteiger charge is -2.41. The van der Waals surface area contributed by atoms with Crippen LogP contribution in [-0.4, -0.2) is 51.3 Å². The highest BCUT2D eigenvalue weighted by Gasteiger charge is 2.32. The van der Waals surface area contributed by atoms with E-state index in [2.05, 4.69) is 85.1 Å². The zero-order valence-corrected chi connectivity index (χ0v) is 17.0. The average Bonchev–Trinajstić information content (AvgIpc) is 3.07. The zero-order chi connectivity index (χ0) is 18.8. The third kappa shape index (κ3) is 3.75. The summed E-state index contributed by atoms with van der Waals surface area (Å²) in [6, 6.07) is 7.26. The number of hydrogen-bond acceptors (Lipinski definition) is 5. The summed E-state index contributed by atoms with van der Waals surface area (Å²) >= 11 is 0. The topological polar surface area (TPSA) is 50.1 Å². The van der Waals surface area contributed by atoms with Crippen LogP contribution >= 0.6 is 0 Å². The number of tetrazole rings is 1. The lowest BCUT2D eigenvalue weighted by atomic mass is 10.00. The summed E-state index contributed by atoms with van der Waals surface area (Å²) in [4.78, 5) is 5.07. The molecule has 0 bridgehead atoms. The molecule has 1 aromatic carbocycles. The van der Waals surface area contributed by atoms with Gasteiger partial charge in [-0.25, -0.2) is 4.68 Å². The quantitative estimate of drug-likeness (QED) is 0.822. The van der Waals surface area contributed by atoms with E-state index < -0.39 is 0 Å². The Balaban J connectivity index is 1.76. The van der Waals surface area contributed by atoms with Gasteiger partial charge in [-0.1, -0.05) is 26.0 Å². The first-order chi connectivity index (χ1) is 12.4. The van der Waals surface area contributed by atoms with Gasteiger partial charge in [-0.2, -0.15) is 0 Å². The van der Waals surface area contributed by atoms with Crippen LogP contribution in [0.2, 0.25) is 0 Å². The number of anilines is 1. The highest BCUT2D eigenvalue weighted by molar-refractivity contribution is 5.55. The second-order valence-corrected chi connectivity index (χ2v) is 8.08. The van der Waals surface area contributed by atoms with Crippen molar-refractivity contribution in [3.05, 3.63) is 35.2 Å². The zero-order valence-electron chi connectivity index (χ0n) is 17.0. The van der Waals surface area contributed by atoms with Gasteiger partial charge in [0.1, 0.15) is 0 Å². The fourth-order valence-electron chi connectivity index (χ4n) is 3.95. The summed E-state index contributed by atoms with van der Waals surface area (Å²) in [5.41, 5.74) is 4.05. The largest absolute Gasteiger partial charge is 0.369 e. The molecule has 1 aromatic heterocycles. The Labute approximate surface area is 157 Å². The predicted molar refractivity (Wildman–Crippen MR) is 105 cm³/mol. The molecule has 6 heteroatoms. The number of hydrogen-bond donors (Lipinski definition) is 0. The van der Waals surface area contributed by atoms with Crippen LogP contribution in [0.4, 0.5) is 5.69 Å². The number of piperazine rings is 1. The lowest BCUT2D eigenvalue weighted by Crippen LogP contribution is -2.49. The minimum atomic E-state index is 0.258. The summed E-state index contributed by atoms with van der Waals surface area (Å²) in [6.07, 6.45) is 0. The Kier molecular flexibility index (Phi) is 5.61. The summed E-state index contributed by atoms with van der Waals surface area (Å²) in [5.74, 6) is 1.46. The molecule has 0 amide bonds. The van der Waals surface area contributed by atoms with Crippen molar-refractivity contribution in [2.24, 2.45) is 5.92 Å². The second kappa shape index (κ2) is 7.74. The summed E-state index contributed by atoms with van der Waals surface area (Å²) < 4.78 is 1.97. The van der Waals surface area contributed by atoms with Crippen LogP contribution in [0.3, 0.4) is 0 Å². The SMILES string of the molecule is Cc1ccc(C)c(N2CCN(C(c3nnnn3C(C)C)C(C)C)CC2)c1. The van der Waals surface area contributed by atoms with E-state index in [4.69, 9.17) is 0 Å². The van der Waals surface area contributed by atoms with Crippen molar-refractivity contribution in [1.82, 2.24) is 25.1 Å². The number of aryl methyl sites for hydroxylation is 2. The van der Waals surface area contributed by atoms with E-state index in [1.165, 1.54) is 16.8 Å². The lowest BCUT2D eigenvalue weighted by molar-refractivity contribution is 0.133. The van der Waals surface area contributed by atoms with Crippen LogP contribution < -0.4 is 4.90 Å². The van der Waals surface area contributed by atoms with Gasteiger partial charge in [-0.15, -0.1) is 5.10 Å². The fourth-order valence-corrected chi connectivity index (χ4v) is 3.95. The van der Waals surface area contributed by atoms with Gasteiger partial charge in [0.25, 0.3) is 0 Å². The Hall–Kier alpha value is -1.95. The molecule has 1 aliphatic heterocycles. The van der Waals surface area contributed by atoms with E-state index >= 15 is 0 Å². The molecule has 0 N–H and O–H groups in total. The smallest absolute Gasteiger partial charge is 0.168 e. The van der Waals surface area contributed by atoms with Crippen molar-refractivity contribution in [3.63, 3.8) is 0 Å². The second-order valence-electron chi connectivity index (χ2n) is 8.08. The van der Waals surface area contributed by atoms with Gasteiger partial charge in [-0.3, -0.25) is 4.90 Å². The normalized spacial score (nSPS) is 17.3. The van der Waals surface area contributed by atoms with Crippen LogP contribution in [-0.2, 0) is 0 Å². The van der Waals surface area contributed by atoms with Crippen LogP contribution in [0, 0.1) is 19.8 Å². The minimum Gasteiger partial charge on any atom is -0.369 e. The van der Waals surface area contributed by atoms with E-state index in [9.17, 15) is 0 Å². The van der Waals surface area contributed by atoms with Crippen molar-refractivity contribution in [1.29, 1.82) is 0 Å². The fraction of sp³-hybridized carbons (Fsp3) is 0.650. The Bertz CT molecular complexity index is 728. The molecule has 6 nitrogen and oxygen atoms in total. The van der Waals surface area contributed by atoms with Crippen LogP contribution in [0.25, 0.3) is 0 Å². The summed E-state index contributed by atoms with van der Waals surface area (Å²) in [6.45, 7) is 17.3. The summed E-state index contributed by atoms with van der Waals surface area (Å²) in [5, 5.41) is 12.6. The van der Waals surface area contributed by atoms with Crippen molar-refractivity contribution in [3.8, 4) is 0 Å². The van der Waals surface area contributed by atoms with Gasteiger partial charge < -0.3 is 4.90 Å². The molecule has 0 aliphatic carbocycles. The first-order valence-corrected chi connectivity index (χ1v) is 9.72. The summed E-state index contributed by atoms with van der Waals surface area (Å²) in [7, 11) is 0. The molecule has 1 unspecified atom stereocenters. The monoisotopic (exact) mass is 356 g/mol. The van der Waals surface area contributed by atoms with Crippen molar-refractivity contribution >= 4 is 5.69 Å². The molecule has 1 fully saturated rings. The van der Waals surface area contributed by atoms with Crippen molar-refractivity contribution in [2.45, 2.75) is 53.6 Å². The first-order valence-electron chi connectivity index (χ1n) is 9.72. The molecule has 1 aliphatic rings.